The lowest BCUT2D eigenvalue weighted by atomic mass is 9.94. The van der Waals surface area contributed by atoms with Gasteiger partial charge in [0.15, 0.2) is 0 Å². The van der Waals surface area contributed by atoms with Crippen molar-refractivity contribution in [2.24, 2.45) is 5.92 Å². The molecule has 0 radical (unpaired) electrons. The lowest BCUT2D eigenvalue weighted by Crippen LogP contribution is -2.39. The van der Waals surface area contributed by atoms with Crippen molar-refractivity contribution in [1.82, 2.24) is 25.0 Å². The van der Waals surface area contributed by atoms with E-state index in [0.29, 0.717) is 36.1 Å². The Kier molecular flexibility index (Phi) is 5.04. The predicted octanol–water partition coefficient (Wildman–Crippen LogP) is 2.61. The van der Waals surface area contributed by atoms with E-state index in [1.807, 2.05) is 11.0 Å². The van der Waals surface area contributed by atoms with Crippen LogP contribution in [0, 0.1) is 5.92 Å². The van der Waals surface area contributed by atoms with Crippen molar-refractivity contribution < 1.29 is 13.7 Å². The Morgan fingerprint density at radius 1 is 1.37 bits per heavy atom. The van der Waals surface area contributed by atoms with Gasteiger partial charge in [-0.15, -0.1) is 0 Å². The fourth-order valence-corrected chi connectivity index (χ4v) is 3.18. The van der Waals surface area contributed by atoms with Crippen LogP contribution in [0.25, 0.3) is 17.6 Å². The zero-order chi connectivity index (χ0) is 18.5. The van der Waals surface area contributed by atoms with Gasteiger partial charge in [-0.1, -0.05) is 5.16 Å². The minimum absolute atomic E-state index is 0.0121. The summed E-state index contributed by atoms with van der Waals surface area (Å²) in [6.45, 7) is 1.43. The molecule has 1 fully saturated rings. The largest absolute Gasteiger partial charge is 0.465 e. The van der Waals surface area contributed by atoms with Crippen LogP contribution in [-0.2, 0) is 11.2 Å². The average Bonchev–Trinajstić information content (AvgIpc) is 3.39. The number of rotatable bonds is 5. The van der Waals surface area contributed by atoms with Crippen LogP contribution in [0.5, 0.6) is 0 Å². The first-order valence-electron chi connectivity index (χ1n) is 8.87. The molecular weight excluding hydrogens is 346 g/mol. The molecule has 4 heterocycles. The minimum Gasteiger partial charge on any atom is -0.465 e. The number of hydrogen-bond donors (Lipinski definition) is 0. The Labute approximate surface area is 155 Å². The maximum Gasteiger partial charge on any atom is 0.246 e. The van der Waals surface area contributed by atoms with Crippen LogP contribution in [0.3, 0.4) is 0 Å². The molecule has 138 valence electrons. The Bertz CT molecular complexity index is 905. The van der Waals surface area contributed by atoms with Crippen molar-refractivity contribution in [1.29, 1.82) is 0 Å². The summed E-state index contributed by atoms with van der Waals surface area (Å²) in [5.41, 5.74) is 0.580. The van der Waals surface area contributed by atoms with Gasteiger partial charge in [-0.05, 0) is 37.0 Å². The molecule has 0 aromatic carbocycles. The molecule has 1 saturated heterocycles. The summed E-state index contributed by atoms with van der Waals surface area (Å²) >= 11 is 0. The first-order valence-corrected chi connectivity index (χ1v) is 8.87. The number of likely N-dealkylation sites (tertiary alicyclic amines) is 1. The fourth-order valence-electron chi connectivity index (χ4n) is 3.18. The standard InChI is InChI=1S/C19H19N5O3/c25-18(6-5-15-4-2-10-26-15)24-9-1-3-14(13-24)11-17-22-19(23-27-17)16-12-20-7-8-21-16/h2,4-8,10,12,14H,1,3,9,11,13H2. The molecule has 4 rings (SSSR count). The summed E-state index contributed by atoms with van der Waals surface area (Å²) in [5.74, 6) is 1.93. The molecule has 0 N–H and O–H groups in total. The van der Waals surface area contributed by atoms with Crippen LogP contribution >= 0.6 is 0 Å². The van der Waals surface area contributed by atoms with Crippen LogP contribution in [0.4, 0.5) is 0 Å². The Morgan fingerprint density at radius 2 is 2.33 bits per heavy atom. The maximum atomic E-state index is 12.4. The van der Waals surface area contributed by atoms with Gasteiger partial charge < -0.3 is 13.8 Å². The van der Waals surface area contributed by atoms with Gasteiger partial charge >= 0.3 is 0 Å². The summed E-state index contributed by atoms with van der Waals surface area (Å²) in [7, 11) is 0. The van der Waals surface area contributed by atoms with Gasteiger partial charge in [0.05, 0.1) is 12.5 Å². The molecule has 8 heteroatoms. The SMILES string of the molecule is O=C(C=Cc1ccco1)N1CCCC(Cc2nc(-c3cnccn3)no2)C1. The quantitative estimate of drug-likeness (QED) is 0.641. The molecule has 1 aliphatic heterocycles. The van der Waals surface area contributed by atoms with Crippen LogP contribution < -0.4 is 0 Å². The van der Waals surface area contributed by atoms with E-state index >= 15 is 0 Å². The molecular formula is C19H19N5O3. The van der Waals surface area contributed by atoms with E-state index in [2.05, 4.69) is 20.1 Å². The summed E-state index contributed by atoms with van der Waals surface area (Å²) in [4.78, 5) is 26.9. The second kappa shape index (κ2) is 7.94. The minimum atomic E-state index is -0.0121. The van der Waals surface area contributed by atoms with Crippen LogP contribution in [0.1, 0.15) is 24.5 Å². The molecule has 0 aliphatic carbocycles. The molecule has 1 atom stereocenters. The van der Waals surface area contributed by atoms with Gasteiger partial charge in [-0.3, -0.25) is 9.78 Å². The fraction of sp³-hybridized carbons (Fsp3) is 0.316. The number of furan rings is 1. The number of carbonyl (C=O) groups excluding carboxylic acids is 1. The van der Waals surface area contributed by atoms with E-state index in [1.54, 1.807) is 43.1 Å². The normalized spacial score (nSPS) is 17.5. The van der Waals surface area contributed by atoms with Gasteiger partial charge in [0.1, 0.15) is 11.5 Å². The number of nitrogens with zero attached hydrogens (tertiary/aromatic N) is 5. The topological polar surface area (TPSA) is 98.2 Å². The highest BCUT2D eigenvalue weighted by Gasteiger charge is 2.24. The van der Waals surface area contributed by atoms with E-state index in [9.17, 15) is 4.79 Å². The van der Waals surface area contributed by atoms with E-state index in [1.165, 1.54) is 0 Å². The monoisotopic (exact) mass is 365 g/mol. The highest BCUT2D eigenvalue weighted by atomic mass is 16.5. The molecule has 27 heavy (non-hydrogen) atoms. The first kappa shape index (κ1) is 17.1. The lowest BCUT2D eigenvalue weighted by molar-refractivity contribution is -0.127. The highest BCUT2D eigenvalue weighted by Crippen LogP contribution is 2.22. The second-order valence-electron chi connectivity index (χ2n) is 6.45. The smallest absolute Gasteiger partial charge is 0.246 e. The average molecular weight is 365 g/mol. The van der Waals surface area contributed by atoms with Crippen LogP contribution in [0.15, 0.2) is 52.0 Å². The molecule has 1 amide bonds. The Balaban J connectivity index is 1.36. The number of hydrogen-bond acceptors (Lipinski definition) is 7. The number of piperidine rings is 1. The van der Waals surface area contributed by atoms with Crippen LogP contribution in [-0.4, -0.2) is 44.0 Å². The highest BCUT2D eigenvalue weighted by molar-refractivity contribution is 5.91. The summed E-state index contributed by atoms with van der Waals surface area (Å²) in [6, 6.07) is 3.60. The third kappa shape index (κ3) is 4.28. The lowest BCUT2D eigenvalue weighted by Gasteiger charge is -2.31. The van der Waals surface area contributed by atoms with Crippen LogP contribution in [0.2, 0.25) is 0 Å². The molecule has 3 aromatic rings. The van der Waals surface area contributed by atoms with Crippen molar-refractivity contribution >= 4 is 12.0 Å². The van der Waals surface area contributed by atoms with Crippen molar-refractivity contribution in [2.45, 2.75) is 19.3 Å². The summed E-state index contributed by atoms with van der Waals surface area (Å²) in [5, 5.41) is 3.97. The number of amides is 1. The van der Waals surface area contributed by atoms with Crippen molar-refractivity contribution in [3.63, 3.8) is 0 Å². The summed E-state index contributed by atoms with van der Waals surface area (Å²) in [6.07, 6.45) is 12.2. The molecule has 1 aliphatic rings. The molecule has 3 aromatic heterocycles. The molecule has 0 saturated carbocycles. The van der Waals surface area contributed by atoms with E-state index in [-0.39, 0.29) is 11.8 Å². The summed E-state index contributed by atoms with van der Waals surface area (Å²) < 4.78 is 10.6. The first-order chi connectivity index (χ1) is 13.3. The molecule has 1 unspecified atom stereocenters. The third-order valence-corrected chi connectivity index (χ3v) is 4.49. The van der Waals surface area contributed by atoms with E-state index < -0.39 is 0 Å². The number of aromatic nitrogens is 4. The zero-order valence-electron chi connectivity index (χ0n) is 14.7. The number of carbonyl (C=O) groups is 1. The second-order valence-corrected chi connectivity index (χ2v) is 6.45. The van der Waals surface area contributed by atoms with E-state index in [0.717, 1.165) is 19.4 Å². The van der Waals surface area contributed by atoms with Gasteiger partial charge in [-0.2, -0.15) is 4.98 Å². The van der Waals surface area contributed by atoms with Gasteiger partial charge in [-0.25, -0.2) is 4.98 Å². The van der Waals surface area contributed by atoms with E-state index in [4.69, 9.17) is 8.94 Å². The van der Waals surface area contributed by atoms with Crippen molar-refractivity contribution in [3.05, 3.63) is 54.7 Å². The Hall–Kier alpha value is -3.29. The molecule has 0 spiro atoms. The van der Waals surface area contributed by atoms with Gasteiger partial charge in [0, 0.05) is 38.0 Å². The Morgan fingerprint density at radius 3 is 3.15 bits per heavy atom. The van der Waals surface area contributed by atoms with Crippen molar-refractivity contribution in [2.75, 3.05) is 13.1 Å². The van der Waals surface area contributed by atoms with Gasteiger partial charge in [0.25, 0.3) is 0 Å². The maximum absolute atomic E-state index is 12.4. The third-order valence-electron chi connectivity index (χ3n) is 4.49. The van der Waals surface area contributed by atoms with Gasteiger partial charge in [0.2, 0.25) is 17.6 Å². The molecule has 8 nitrogen and oxygen atoms in total. The van der Waals surface area contributed by atoms with Crippen molar-refractivity contribution in [3.8, 4) is 11.5 Å². The predicted molar refractivity (Wildman–Crippen MR) is 96.1 cm³/mol. The molecule has 0 bridgehead atoms. The zero-order valence-corrected chi connectivity index (χ0v) is 14.7.